The van der Waals surface area contributed by atoms with Gasteiger partial charge in [0.15, 0.2) is 0 Å². The van der Waals surface area contributed by atoms with Crippen LogP contribution < -0.4 is 0 Å². The molecule has 3 rings (SSSR count). The molecule has 2 aromatic carbocycles. The van der Waals surface area contributed by atoms with Gasteiger partial charge in [0, 0.05) is 5.56 Å². The van der Waals surface area contributed by atoms with Gasteiger partial charge in [-0.2, -0.15) is 0 Å². The molecule has 0 bridgehead atoms. The van der Waals surface area contributed by atoms with Crippen LogP contribution in [-0.2, 0) is 12.0 Å². The van der Waals surface area contributed by atoms with Crippen molar-refractivity contribution in [2.24, 2.45) is 0 Å². The Morgan fingerprint density at radius 1 is 1.00 bits per heavy atom. The van der Waals surface area contributed by atoms with Crippen molar-refractivity contribution >= 4 is 0 Å². The van der Waals surface area contributed by atoms with Gasteiger partial charge < -0.3 is 5.11 Å². The van der Waals surface area contributed by atoms with Crippen LogP contribution in [0.4, 0.5) is 8.78 Å². The smallest absolute Gasteiger partial charge is 0.129 e. The molecular formula is C15H12F2O. The van der Waals surface area contributed by atoms with E-state index in [9.17, 15) is 13.9 Å². The second-order valence-electron chi connectivity index (χ2n) is 4.64. The van der Waals surface area contributed by atoms with E-state index in [2.05, 4.69) is 0 Å². The second-order valence-corrected chi connectivity index (χ2v) is 4.64. The van der Waals surface area contributed by atoms with E-state index in [4.69, 9.17) is 0 Å². The van der Waals surface area contributed by atoms with Crippen LogP contribution >= 0.6 is 0 Å². The van der Waals surface area contributed by atoms with Gasteiger partial charge in [0.1, 0.15) is 17.2 Å². The molecule has 0 fully saturated rings. The van der Waals surface area contributed by atoms with E-state index in [0.717, 1.165) is 5.56 Å². The molecule has 0 heterocycles. The summed E-state index contributed by atoms with van der Waals surface area (Å²) in [7, 11) is 0. The average molecular weight is 246 g/mol. The molecule has 0 aromatic heterocycles. The molecule has 0 saturated carbocycles. The lowest BCUT2D eigenvalue weighted by Crippen LogP contribution is -2.25. The number of benzene rings is 2. The van der Waals surface area contributed by atoms with Crippen LogP contribution in [0, 0.1) is 11.6 Å². The molecule has 0 saturated heterocycles. The lowest BCUT2D eigenvalue weighted by Gasteiger charge is -2.25. The van der Waals surface area contributed by atoms with Gasteiger partial charge in [0.25, 0.3) is 0 Å². The van der Waals surface area contributed by atoms with Crippen molar-refractivity contribution in [1.82, 2.24) is 0 Å². The molecule has 1 aliphatic rings. The highest BCUT2D eigenvalue weighted by Crippen LogP contribution is 2.42. The predicted octanol–water partition coefficient (Wildman–Crippen LogP) is 3.15. The summed E-state index contributed by atoms with van der Waals surface area (Å²) < 4.78 is 27.0. The summed E-state index contributed by atoms with van der Waals surface area (Å²) in [5, 5.41) is 10.7. The number of fused-ring (bicyclic) bond motifs is 1. The van der Waals surface area contributed by atoms with Crippen molar-refractivity contribution in [2.75, 3.05) is 0 Å². The molecule has 1 nitrogen and oxygen atoms in total. The number of hydrogen-bond donors (Lipinski definition) is 1. The third kappa shape index (κ3) is 1.55. The van der Waals surface area contributed by atoms with Gasteiger partial charge >= 0.3 is 0 Å². The lowest BCUT2D eigenvalue weighted by atomic mass is 9.87. The Kier molecular flexibility index (Phi) is 2.45. The Hall–Kier alpha value is -1.74. The molecule has 0 aliphatic heterocycles. The first kappa shape index (κ1) is 11.4. The number of aryl methyl sites for hydroxylation is 1. The normalized spacial score (nSPS) is 21.9. The van der Waals surface area contributed by atoms with E-state index in [-0.39, 0.29) is 11.4 Å². The monoisotopic (exact) mass is 246 g/mol. The van der Waals surface area contributed by atoms with E-state index in [1.165, 1.54) is 18.2 Å². The fourth-order valence-electron chi connectivity index (χ4n) is 2.70. The largest absolute Gasteiger partial charge is 0.380 e. The highest BCUT2D eigenvalue weighted by molar-refractivity contribution is 5.45. The van der Waals surface area contributed by atoms with Crippen molar-refractivity contribution in [2.45, 2.75) is 18.4 Å². The second kappa shape index (κ2) is 3.89. The fourth-order valence-corrected chi connectivity index (χ4v) is 2.70. The molecule has 0 amide bonds. The molecule has 0 spiro atoms. The van der Waals surface area contributed by atoms with E-state index in [0.29, 0.717) is 18.4 Å². The third-order valence-corrected chi connectivity index (χ3v) is 3.59. The zero-order chi connectivity index (χ0) is 12.8. The van der Waals surface area contributed by atoms with Gasteiger partial charge in [-0.15, -0.1) is 0 Å². The Morgan fingerprint density at radius 3 is 2.56 bits per heavy atom. The van der Waals surface area contributed by atoms with Crippen molar-refractivity contribution < 1.29 is 13.9 Å². The molecule has 3 heteroatoms. The van der Waals surface area contributed by atoms with E-state index in [1.807, 2.05) is 0 Å². The Labute approximate surface area is 104 Å². The third-order valence-electron chi connectivity index (χ3n) is 3.59. The minimum Gasteiger partial charge on any atom is -0.380 e. The lowest BCUT2D eigenvalue weighted by molar-refractivity contribution is 0.0789. The maximum atomic E-state index is 13.8. The van der Waals surface area contributed by atoms with Gasteiger partial charge in [-0.1, -0.05) is 24.3 Å². The molecule has 92 valence electrons. The van der Waals surface area contributed by atoms with E-state index in [1.54, 1.807) is 24.3 Å². The number of halogens is 2. The van der Waals surface area contributed by atoms with Gasteiger partial charge in [0.05, 0.1) is 0 Å². The molecule has 2 aromatic rings. The van der Waals surface area contributed by atoms with E-state index < -0.39 is 11.4 Å². The number of rotatable bonds is 1. The van der Waals surface area contributed by atoms with Gasteiger partial charge in [-0.3, -0.25) is 0 Å². The number of aliphatic hydroxyl groups is 1. The van der Waals surface area contributed by atoms with Crippen LogP contribution in [0.3, 0.4) is 0 Å². The molecule has 1 aliphatic carbocycles. The molecule has 18 heavy (non-hydrogen) atoms. The first-order valence-electron chi connectivity index (χ1n) is 5.87. The highest BCUT2D eigenvalue weighted by atomic mass is 19.1. The average Bonchev–Trinajstić information content (AvgIpc) is 2.68. The maximum Gasteiger partial charge on any atom is 0.129 e. The Morgan fingerprint density at radius 2 is 1.78 bits per heavy atom. The molecule has 0 radical (unpaired) electrons. The van der Waals surface area contributed by atoms with Crippen LogP contribution in [0.2, 0.25) is 0 Å². The Bertz CT molecular complexity index is 609. The van der Waals surface area contributed by atoms with Crippen LogP contribution in [0.25, 0.3) is 0 Å². The van der Waals surface area contributed by atoms with Crippen molar-refractivity contribution in [3.05, 3.63) is 70.8 Å². The minimum atomic E-state index is -1.34. The van der Waals surface area contributed by atoms with E-state index >= 15 is 0 Å². The quantitative estimate of drug-likeness (QED) is 0.819. The number of hydrogen-bond acceptors (Lipinski definition) is 1. The summed E-state index contributed by atoms with van der Waals surface area (Å²) in [6, 6.07) is 10.4. The highest BCUT2D eigenvalue weighted by Gasteiger charge is 2.40. The summed E-state index contributed by atoms with van der Waals surface area (Å²) in [5.41, 5.74) is 0.277. The van der Waals surface area contributed by atoms with Crippen LogP contribution in [0.1, 0.15) is 23.1 Å². The standard InChI is InChI=1S/C15H12F2O/c16-11-5-6-12-10(9-11)7-8-15(12,18)13-3-1-2-4-14(13)17/h1-6,9,18H,7-8H2. The SMILES string of the molecule is OC1(c2ccccc2F)CCc2cc(F)ccc21. The zero-order valence-corrected chi connectivity index (χ0v) is 9.66. The molecular weight excluding hydrogens is 234 g/mol. The zero-order valence-electron chi connectivity index (χ0n) is 9.66. The van der Waals surface area contributed by atoms with Crippen molar-refractivity contribution in [3.63, 3.8) is 0 Å². The summed E-state index contributed by atoms with van der Waals surface area (Å²) in [4.78, 5) is 0. The molecule has 1 N–H and O–H groups in total. The first-order chi connectivity index (χ1) is 8.61. The van der Waals surface area contributed by atoms with Crippen molar-refractivity contribution in [1.29, 1.82) is 0 Å². The van der Waals surface area contributed by atoms with Crippen LogP contribution in [-0.4, -0.2) is 5.11 Å². The topological polar surface area (TPSA) is 20.2 Å². The molecule has 1 atom stereocenters. The van der Waals surface area contributed by atoms with Crippen LogP contribution in [0.15, 0.2) is 42.5 Å². The van der Waals surface area contributed by atoms with Crippen LogP contribution in [0.5, 0.6) is 0 Å². The predicted molar refractivity (Wildman–Crippen MR) is 64.1 cm³/mol. The summed E-state index contributed by atoms with van der Waals surface area (Å²) in [5.74, 6) is -0.760. The Balaban J connectivity index is 2.18. The van der Waals surface area contributed by atoms with Gasteiger partial charge in [-0.25, -0.2) is 8.78 Å². The van der Waals surface area contributed by atoms with Gasteiger partial charge in [0.2, 0.25) is 0 Å². The minimum absolute atomic E-state index is 0.260. The summed E-state index contributed by atoms with van der Waals surface area (Å²) in [6.45, 7) is 0. The van der Waals surface area contributed by atoms with Crippen molar-refractivity contribution in [3.8, 4) is 0 Å². The maximum absolute atomic E-state index is 13.8. The fraction of sp³-hybridized carbons (Fsp3) is 0.200. The molecule has 1 unspecified atom stereocenters. The van der Waals surface area contributed by atoms with Gasteiger partial charge in [-0.05, 0) is 42.2 Å². The first-order valence-corrected chi connectivity index (χ1v) is 5.87. The summed E-state index contributed by atoms with van der Waals surface area (Å²) in [6.07, 6.45) is 0.935. The summed E-state index contributed by atoms with van der Waals surface area (Å²) >= 11 is 0.